The van der Waals surface area contributed by atoms with Gasteiger partial charge in [-0.3, -0.25) is 0 Å². The highest BCUT2D eigenvalue weighted by molar-refractivity contribution is 5.82. The summed E-state index contributed by atoms with van der Waals surface area (Å²) in [5, 5.41) is 5.15. The number of nitrogens with one attached hydrogen (secondary N) is 2. The van der Waals surface area contributed by atoms with Gasteiger partial charge in [-0.25, -0.2) is 0 Å². The molecular weight excluding hydrogens is 244 g/mol. The van der Waals surface area contributed by atoms with Crippen molar-refractivity contribution in [1.29, 1.82) is 0 Å². The molecule has 2 fully saturated rings. The van der Waals surface area contributed by atoms with Crippen molar-refractivity contribution in [2.24, 2.45) is 17.8 Å². The Morgan fingerprint density at radius 2 is 2.20 bits per heavy atom. The van der Waals surface area contributed by atoms with E-state index < -0.39 is 0 Å². The molecule has 1 aromatic carbocycles. The molecule has 2 aromatic rings. The predicted molar refractivity (Wildman–Crippen MR) is 83.5 cm³/mol. The molecule has 106 valence electrons. The zero-order chi connectivity index (χ0) is 13.5. The Balaban J connectivity index is 1.44. The van der Waals surface area contributed by atoms with Crippen molar-refractivity contribution in [3.05, 3.63) is 36.0 Å². The van der Waals surface area contributed by atoms with E-state index in [-0.39, 0.29) is 0 Å². The molecular formula is C18H24N2. The topological polar surface area (TPSA) is 27.8 Å². The average Bonchev–Trinajstić information content (AvgIpc) is 3.19. The molecule has 2 N–H and O–H groups in total. The summed E-state index contributed by atoms with van der Waals surface area (Å²) < 4.78 is 0. The molecule has 20 heavy (non-hydrogen) atoms. The summed E-state index contributed by atoms with van der Waals surface area (Å²) in [5.41, 5.74) is 2.66. The van der Waals surface area contributed by atoms with Gasteiger partial charge >= 0.3 is 0 Å². The maximum absolute atomic E-state index is 3.79. The fraction of sp³-hybridized carbons (Fsp3) is 0.556. The minimum atomic E-state index is 0.652. The lowest BCUT2D eigenvalue weighted by Crippen LogP contribution is -2.35. The molecule has 2 aliphatic rings. The second kappa shape index (κ2) is 4.92. The molecule has 2 heteroatoms. The molecule has 4 unspecified atom stereocenters. The van der Waals surface area contributed by atoms with Crippen molar-refractivity contribution in [3.63, 3.8) is 0 Å². The van der Waals surface area contributed by atoms with Crippen LogP contribution in [0, 0.1) is 17.8 Å². The van der Waals surface area contributed by atoms with Gasteiger partial charge in [0, 0.05) is 29.7 Å². The van der Waals surface area contributed by atoms with Gasteiger partial charge in [0.25, 0.3) is 0 Å². The zero-order valence-electron chi connectivity index (χ0n) is 12.2. The third-order valence-electron chi connectivity index (χ3n) is 5.73. The van der Waals surface area contributed by atoms with Crippen LogP contribution in [0.1, 0.15) is 38.2 Å². The third-order valence-corrected chi connectivity index (χ3v) is 5.73. The van der Waals surface area contributed by atoms with Crippen molar-refractivity contribution in [2.45, 2.75) is 45.2 Å². The quantitative estimate of drug-likeness (QED) is 0.859. The molecule has 1 aromatic heterocycles. The summed E-state index contributed by atoms with van der Waals surface area (Å²) in [4.78, 5) is 3.30. The van der Waals surface area contributed by atoms with Gasteiger partial charge in [-0.2, -0.15) is 0 Å². The van der Waals surface area contributed by atoms with E-state index in [1.54, 1.807) is 0 Å². The van der Waals surface area contributed by atoms with Crippen LogP contribution in [0.4, 0.5) is 0 Å². The Hall–Kier alpha value is -1.28. The molecule has 2 saturated carbocycles. The standard InChI is InChI=1S/C18H24N2/c1-12(17-10-13-5-6-14(17)9-13)20-11-15-3-2-4-18-16(15)7-8-19-18/h2-4,7-8,12-14,17,19-20H,5-6,9-11H2,1H3. The fourth-order valence-electron chi connectivity index (χ4n) is 4.63. The summed E-state index contributed by atoms with van der Waals surface area (Å²) in [5.74, 6) is 2.96. The minimum absolute atomic E-state index is 0.652. The van der Waals surface area contributed by atoms with Gasteiger partial charge in [0.05, 0.1) is 0 Å². The molecule has 2 nitrogen and oxygen atoms in total. The van der Waals surface area contributed by atoms with Gasteiger partial charge in [-0.1, -0.05) is 18.6 Å². The number of aromatic nitrogens is 1. The first-order chi connectivity index (χ1) is 9.81. The van der Waals surface area contributed by atoms with Crippen LogP contribution in [0.5, 0.6) is 0 Å². The van der Waals surface area contributed by atoms with E-state index in [9.17, 15) is 0 Å². The Morgan fingerprint density at radius 3 is 3.00 bits per heavy atom. The second-order valence-corrected chi connectivity index (χ2v) is 6.86. The van der Waals surface area contributed by atoms with Crippen molar-refractivity contribution >= 4 is 10.9 Å². The van der Waals surface area contributed by atoms with E-state index >= 15 is 0 Å². The predicted octanol–water partition coefficient (Wildman–Crippen LogP) is 4.08. The monoisotopic (exact) mass is 268 g/mol. The molecule has 2 bridgehead atoms. The Kier molecular flexibility index (Phi) is 3.07. The molecule has 4 atom stereocenters. The Labute approximate surface area is 121 Å². The van der Waals surface area contributed by atoms with Crippen LogP contribution in [0.2, 0.25) is 0 Å². The summed E-state index contributed by atoms with van der Waals surface area (Å²) in [6, 6.07) is 9.39. The number of fused-ring (bicyclic) bond motifs is 3. The molecule has 0 aliphatic heterocycles. The SMILES string of the molecule is CC(NCc1cccc2[nH]ccc12)C1CC2CCC1C2. The summed E-state index contributed by atoms with van der Waals surface area (Å²) in [6.45, 7) is 3.38. The average molecular weight is 268 g/mol. The first kappa shape index (κ1) is 12.5. The summed E-state index contributed by atoms with van der Waals surface area (Å²) in [7, 11) is 0. The lowest BCUT2D eigenvalue weighted by Gasteiger charge is -2.28. The lowest BCUT2D eigenvalue weighted by molar-refractivity contribution is 0.259. The van der Waals surface area contributed by atoms with Crippen LogP contribution in [0.25, 0.3) is 10.9 Å². The highest BCUT2D eigenvalue weighted by Gasteiger charge is 2.41. The molecule has 2 aliphatic carbocycles. The molecule has 0 spiro atoms. The number of benzene rings is 1. The van der Waals surface area contributed by atoms with Crippen LogP contribution < -0.4 is 5.32 Å². The van der Waals surface area contributed by atoms with Crippen molar-refractivity contribution in [2.75, 3.05) is 0 Å². The molecule has 0 radical (unpaired) electrons. The van der Waals surface area contributed by atoms with Gasteiger partial charge in [-0.05, 0) is 61.6 Å². The summed E-state index contributed by atoms with van der Waals surface area (Å²) >= 11 is 0. The summed E-state index contributed by atoms with van der Waals surface area (Å²) in [6.07, 6.45) is 7.98. The van der Waals surface area contributed by atoms with E-state index in [0.29, 0.717) is 6.04 Å². The molecule has 0 amide bonds. The maximum Gasteiger partial charge on any atom is 0.0457 e. The van der Waals surface area contributed by atoms with E-state index in [2.05, 4.69) is 41.5 Å². The lowest BCUT2D eigenvalue weighted by atomic mass is 9.84. The van der Waals surface area contributed by atoms with Crippen molar-refractivity contribution in [1.82, 2.24) is 10.3 Å². The van der Waals surface area contributed by atoms with Crippen LogP contribution in [-0.2, 0) is 6.54 Å². The number of rotatable bonds is 4. The van der Waals surface area contributed by atoms with Gasteiger partial charge in [0.2, 0.25) is 0 Å². The molecule has 0 saturated heterocycles. The normalized spacial score (nSPS) is 30.1. The van der Waals surface area contributed by atoms with Gasteiger partial charge in [0.15, 0.2) is 0 Å². The van der Waals surface area contributed by atoms with E-state index in [1.807, 2.05) is 6.20 Å². The first-order valence-corrected chi connectivity index (χ1v) is 8.09. The van der Waals surface area contributed by atoms with Crippen LogP contribution in [0.15, 0.2) is 30.5 Å². The van der Waals surface area contributed by atoms with E-state index in [1.165, 1.54) is 42.1 Å². The number of hydrogen-bond donors (Lipinski definition) is 2. The molecule has 1 heterocycles. The Bertz CT molecular complexity index is 600. The van der Waals surface area contributed by atoms with E-state index in [0.717, 1.165) is 24.3 Å². The zero-order valence-corrected chi connectivity index (χ0v) is 12.2. The van der Waals surface area contributed by atoms with Gasteiger partial charge in [0.1, 0.15) is 0 Å². The van der Waals surface area contributed by atoms with Crippen LogP contribution in [0.3, 0.4) is 0 Å². The number of H-pyrrole nitrogens is 1. The van der Waals surface area contributed by atoms with E-state index in [4.69, 9.17) is 0 Å². The fourth-order valence-corrected chi connectivity index (χ4v) is 4.63. The second-order valence-electron chi connectivity index (χ2n) is 6.86. The third kappa shape index (κ3) is 2.07. The first-order valence-electron chi connectivity index (χ1n) is 8.09. The van der Waals surface area contributed by atoms with Crippen molar-refractivity contribution < 1.29 is 0 Å². The van der Waals surface area contributed by atoms with Crippen LogP contribution in [-0.4, -0.2) is 11.0 Å². The number of hydrogen-bond acceptors (Lipinski definition) is 1. The minimum Gasteiger partial charge on any atom is -0.361 e. The van der Waals surface area contributed by atoms with Crippen LogP contribution >= 0.6 is 0 Å². The highest BCUT2D eigenvalue weighted by Crippen LogP contribution is 2.49. The van der Waals surface area contributed by atoms with Gasteiger partial charge in [-0.15, -0.1) is 0 Å². The largest absolute Gasteiger partial charge is 0.361 e. The highest BCUT2D eigenvalue weighted by atomic mass is 14.9. The van der Waals surface area contributed by atoms with Gasteiger partial charge < -0.3 is 10.3 Å². The smallest absolute Gasteiger partial charge is 0.0457 e. The van der Waals surface area contributed by atoms with Crippen molar-refractivity contribution in [3.8, 4) is 0 Å². The molecule has 4 rings (SSSR count). The maximum atomic E-state index is 3.79. The number of aromatic amines is 1. The Morgan fingerprint density at radius 1 is 1.25 bits per heavy atom.